The largest absolute Gasteiger partial charge is 0.390 e. The van der Waals surface area contributed by atoms with E-state index in [0.717, 1.165) is 4.57 Å². The van der Waals surface area contributed by atoms with Gasteiger partial charge < -0.3 is 35.5 Å². The van der Waals surface area contributed by atoms with Crippen LogP contribution in [0.4, 0.5) is 16.0 Å². The topological polar surface area (TPSA) is 264 Å². The lowest BCUT2D eigenvalue weighted by Gasteiger charge is -2.23. The Morgan fingerprint density at radius 1 is 1.06 bits per heavy atom. The lowest BCUT2D eigenvalue weighted by molar-refractivity contribution is -0.0431. The van der Waals surface area contributed by atoms with E-state index in [1.165, 1.54) is 17.2 Å². The van der Waals surface area contributed by atoms with Gasteiger partial charge in [-0.2, -0.15) is 9.97 Å². The summed E-state index contributed by atoms with van der Waals surface area (Å²) in [6.07, 6.45) is -5.30. The number of hydrogen-bond donors (Lipinski definition) is 6. The van der Waals surface area contributed by atoms with E-state index < -0.39 is 81.1 Å². The fraction of sp³-hybridized carbons (Fsp3) is 0.524. The van der Waals surface area contributed by atoms with Crippen molar-refractivity contribution in [3.8, 4) is 0 Å². The molecule has 2 fully saturated rings. The van der Waals surface area contributed by atoms with Crippen LogP contribution in [0.1, 0.15) is 18.9 Å². The summed E-state index contributed by atoms with van der Waals surface area (Å²) in [7, 11) is 0. The molecule has 0 saturated carbocycles. The molecule has 4 aromatic rings. The van der Waals surface area contributed by atoms with Crippen molar-refractivity contribution in [2.75, 3.05) is 31.3 Å². The van der Waals surface area contributed by atoms with Crippen LogP contribution in [0, 0.1) is 5.92 Å². The number of anilines is 2. The Morgan fingerprint density at radius 3 is 2.55 bits per heavy atom. The van der Waals surface area contributed by atoms with E-state index in [1.807, 2.05) is 0 Å². The van der Waals surface area contributed by atoms with Crippen LogP contribution in [0.25, 0.3) is 21.5 Å². The fourth-order valence-electron chi connectivity index (χ4n) is 5.19. The number of nitrogen functional groups attached to an aromatic ring is 2. The van der Waals surface area contributed by atoms with Crippen molar-refractivity contribution >= 4 is 94.2 Å². The van der Waals surface area contributed by atoms with Crippen molar-refractivity contribution in [1.29, 1.82) is 0 Å². The molecule has 6 heterocycles. The summed E-state index contributed by atoms with van der Waals surface area (Å²) in [5.41, 5.74) is 12.2. The molecule has 256 valence electrons. The predicted molar refractivity (Wildman–Crippen MR) is 171 cm³/mol. The predicted octanol–water partition coefficient (Wildman–Crippen LogP) is 2.13. The van der Waals surface area contributed by atoms with Gasteiger partial charge in [0.2, 0.25) is 5.28 Å². The number of nitrogens with zero attached hydrogens (tertiary/aromatic N) is 7. The van der Waals surface area contributed by atoms with E-state index >= 15 is 4.39 Å². The normalized spacial score (nSPS) is 29.0. The summed E-state index contributed by atoms with van der Waals surface area (Å²) in [6.45, 7) is -10.1. The molecular weight excluding hydrogens is 751 g/mol. The number of thiol groups is 2. The minimum Gasteiger partial charge on any atom is -0.390 e. The molecule has 6 N–H and O–H groups in total. The number of aromatic nitrogens is 7. The van der Waals surface area contributed by atoms with Crippen LogP contribution in [-0.4, -0.2) is 88.4 Å². The first-order valence-corrected chi connectivity index (χ1v) is 20.0. The Hall–Kier alpha value is -1.98. The van der Waals surface area contributed by atoms with Gasteiger partial charge in [0.15, 0.2) is 23.3 Å². The van der Waals surface area contributed by atoms with Crippen LogP contribution in [0.15, 0.2) is 17.4 Å². The van der Waals surface area contributed by atoms with Crippen LogP contribution in [0.3, 0.4) is 0 Å². The van der Waals surface area contributed by atoms with E-state index in [2.05, 4.69) is 49.4 Å². The number of imidazole rings is 1. The van der Waals surface area contributed by atoms with Gasteiger partial charge in [-0.05, 0) is 11.6 Å². The van der Waals surface area contributed by atoms with E-state index in [0.29, 0.717) is 11.3 Å². The lowest BCUT2D eigenvalue weighted by Crippen LogP contribution is -2.33. The minimum absolute atomic E-state index is 0.0258. The average molecular weight is 776 g/mol. The first-order chi connectivity index (χ1) is 22.1. The number of halogens is 2. The maximum Gasteiger partial charge on any atom is 0.386 e. The highest BCUT2D eigenvalue weighted by Crippen LogP contribution is 2.55. The first-order valence-electron chi connectivity index (χ1n) is 13.3. The Kier molecular flexibility index (Phi) is 9.93. The molecule has 0 aromatic carbocycles. The van der Waals surface area contributed by atoms with Crippen LogP contribution < -0.4 is 16.3 Å². The fourth-order valence-corrected chi connectivity index (χ4v) is 7.94. The number of hydrogen-bond acceptors (Lipinski definition) is 17. The van der Waals surface area contributed by atoms with Crippen molar-refractivity contribution in [3.63, 3.8) is 0 Å². The van der Waals surface area contributed by atoms with Gasteiger partial charge in [0.1, 0.15) is 40.9 Å². The SMILES string of the molecule is Nc1ncnc2c1ncn2[C@@H]1O[C@H](COP(=O)(S)OCC2[C@H](n3c(=O)sc4c(N)nc(Cl)nc43)O[C@H](COP(=O)(O)S)[C@H]2O)C[C@H]1F. The summed E-state index contributed by atoms with van der Waals surface area (Å²) in [5.74, 6) is -1.15. The summed E-state index contributed by atoms with van der Waals surface area (Å²) in [6, 6.07) is 0. The van der Waals surface area contributed by atoms with E-state index in [4.69, 9.17) is 46.1 Å². The van der Waals surface area contributed by atoms with Crippen molar-refractivity contribution < 1.29 is 46.6 Å². The summed E-state index contributed by atoms with van der Waals surface area (Å²) in [4.78, 5) is 41.8. The second kappa shape index (κ2) is 13.4. The number of rotatable bonds is 11. The van der Waals surface area contributed by atoms with E-state index in [1.54, 1.807) is 0 Å². The molecule has 2 aliphatic rings. The summed E-state index contributed by atoms with van der Waals surface area (Å²) >= 11 is 14.1. The quantitative estimate of drug-likeness (QED) is 0.0724. The van der Waals surface area contributed by atoms with Gasteiger partial charge in [-0.15, -0.1) is 0 Å². The standard InChI is InChI=1S/C21H25ClFN9O10P2S3/c22-20-29-15(25)13-17(30-20)32(21(34)47-13)18-8(12(33)10(42-18)4-38-43(35,36)45)3-40-44(37,46)39-2-7-1-9(23)19(41-7)31-6-28-11-14(24)26-5-27-16(11)31/h5-10,12,18-19,33H,1-4H2,(H,37,46)(H2,24,26,27)(H2,25,29,30)(H2,35,36,45)/t7-,8?,9+,10+,12-,18+,19+,44?/m0/s1. The van der Waals surface area contributed by atoms with Gasteiger partial charge >= 0.3 is 18.5 Å². The molecule has 19 nitrogen and oxygen atoms in total. The molecule has 47 heavy (non-hydrogen) atoms. The van der Waals surface area contributed by atoms with Gasteiger partial charge in [-0.1, -0.05) is 35.8 Å². The lowest BCUT2D eigenvalue weighted by atomic mass is 10.0. The molecule has 0 spiro atoms. The zero-order valence-corrected chi connectivity index (χ0v) is 28.6. The highest BCUT2D eigenvalue weighted by atomic mass is 35.5. The number of ether oxygens (including phenoxy) is 2. The molecule has 0 aliphatic carbocycles. The van der Waals surface area contributed by atoms with Gasteiger partial charge in [-0.3, -0.25) is 23.0 Å². The first kappa shape index (κ1) is 34.9. The third-order valence-electron chi connectivity index (χ3n) is 7.27. The molecule has 9 atom stereocenters. The highest BCUT2D eigenvalue weighted by Gasteiger charge is 2.48. The smallest absolute Gasteiger partial charge is 0.386 e. The van der Waals surface area contributed by atoms with Crippen LogP contribution in [0.2, 0.25) is 5.28 Å². The molecular formula is C21H25ClFN9O10P2S3. The van der Waals surface area contributed by atoms with Crippen molar-refractivity contribution in [2.24, 2.45) is 5.92 Å². The second-order valence-corrected chi connectivity index (χ2v) is 17.3. The van der Waals surface area contributed by atoms with Gasteiger partial charge in [0.05, 0.1) is 44.3 Å². The highest BCUT2D eigenvalue weighted by molar-refractivity contribution is 8.44. The van der Waals surface area contributed by atoms with Crippen molar-refractivity contribution in [1.82, 2.24) is 34.1 Å². The summed E-state index contributed by atoms with van der Waals surface area (Å²) < 4.78 is 69.7. The van der Waals surface area contributed by atoms with Crippen molar-refractivity contribution in [2.45, 2.75) is 43.4 Å². The molecule has 6 rings (SSSR count). The molecule has 0 amide bonds. The van der Waals surface area contributed by atoms with E-state index in [-0.39, 0.29) is 44.9 Å². The van der Waals surface area contributed by atoms with Crippen LogP contribution in [0.5, 0.6) is 0 Å². The number of alkyl halides is 1. The average Bonchev–Trinajstić information content (AvgIpc) is 3.73. The molecule has 0 radical (unpaired) electrons. The van der Waals surface area contributed by atoms with Crippen molar-refractivity contribution in [3.05, 3.63) is 27.6 Å². The van der Waals surface area contributed by atoms with Crippen LogP contribution >= 0.6 is 61.0 Å². The maximum atomic E-state index is 15.0. The van der Waals surface area contributed by atoms with Gasteiger partial charge in [0.25, 0.3) is 0 Å². The monoisotopic (exact) mass is 775 g/mol. The molecule has 2 saturated heterocycles. The number of nitrogens with two attached hydrogens (primary N) is 2. The molecule has 0 bridgehead atoms. The Labute approximate surface area is 282 Å². The Morgan fingerprint density at radius 2 is 1.81 bits per heavy atom. The molecule has 3 unspecified atom stereocenters. The Balaban J connectivity index is 1.16. The van der Waals surface area contributed by atoms with Crippen LogP contribution in [-0.2, 0) is 32.2 Å². The van der Waals surface area contributed by atoms with E-state index in [9.17, 15) is 23.9 Å². The molecule has 2 aliphatic heterocycles. The minimum atomic E-state index is -4.29. The maximum absolute atomic E-state index is 15.0. The van der Waals surface area contributed by atoms with Gasteiger partial charge in [-0.25, -0.2) is 28.5 Å². The molecule has 26 heteroatoms. The van der Waals surface area contributed by atoms with Gasteiger partial charge in [0, 0.05) is 6.42 Å². The number of aliphatic hydroxyl groups excluding tert-OH is 1. The third kappa shape index (κ3) is 7.32. The number of fused-ring (bicyclic) bond motifs is 2. The Bertz CT molecular complexity index is 1970. The zero-order valence-electron chi connectivity index (χ0n) is 23.4. The summed E-state index contributed by atoms with van der Waals surface area (Å²) in [5, 5.41) is 10.8. The zero-order chi connectivity index (χ0) is 33.8. The second-order valence-electron chi connectivity index (χ2n) is 10.3. The molecule has 4 aromatic heterocycles. The number of thiazole rings is 1. The third-order valence-corrected chi connectivity index (χ3v) is 10.9. The number of aliphatic hydroxyl groups is 1.